The molecule has 0 bridgehead atoms. The van der Waals surface area contributed by atoms with Crippen molar-refractivity contribution in [2.45, 2.75) is 18.8 Å². The maximum absolute atomic E-state index is 9.79. The van der Waals surface area contributed by atoms with Crippen molar-refractivity contribution < 1.29 is 5.11 Å². The molecule has 0 radical (unpaired) electrons. The van der Waals surface area contributed by atoms with Gasteiger partial charge in [0.2, 0.25) is 0 Å². The number of aliphatic hydroxyl groups is 1. The molecular formula is C14H18N2OS. The molecule has 0 fully saturated rings. The number of benzene rings is 1. The van der Waals surface area contributed by atoms with Gasteiger partial charge in [-0.2, -0.15) is 0 Å². The monoisotopic (exact) mass is 262 g/mol. The van der Waals surface area contributed by atoms with Crippen molar-refractivity contribution in [3.05, 3.63) is 52.0 Å². The third kappa shape index (κ3) is 2.61. The fraction of sp³-hybridized carbons (Fsp3) is 0.357. The Kier molecular flexibility index (Phi) is 4.11. The van der Waals surface area contributed by atoms with Gasteiger partial charge >= 0.3 is 0 Å². The van der Waals surface area contributed by atoms with Crippen LogP contribution in [0.4, 0.5) is 0 Å². The molecular weight excluding hydrogens is 244 g/mol. The first kappa shape index (κ1) is 13.2. The summed E-state index contributed by atoms with van der Waals surface area (Å²) in [6, 6.07) is 9.95. The fourth-order valence-corrected chi connectivity index (χ4v) is 2.98. The average molecular weight is 262 g/mol. The lowest BCUT2D eigenvalue weighted by atomic mass is 9.78. The molecule has 2 rings (SSSR count). The van der Waals surface area contributed by atoms with E-state index in [1.54, 1.807) is 11.3 Å². The number of hydrogen-bond donors (Lipinski definition) is 2. The van der Waals surface area contributed by atoms with Gasteiger partial charge in [0.15, 0.2) is 0 Å². The summed E-state index contributed by atoms with van der Waals surface area (Å²) in [4.78, 5) is 4.47. The zero-order chi connectivity index (χ0) is 13.0. The first-order chi connectivity index (χ1) is 8.70. The van der Waals surface area contributed by atoms with E-state index >= 15 is 0 Å². The van der Waals surface area contributed by atoms with Gasteiger partial charge in [0, 0.05) is 29.5 Å². The van der Waals surface area contributed by atoms with Crippen molar-refractivity contribution in [3.63, 3.8) is 0 Å². The summed E-state index contributed by atoms with van der Waals surface area (Å²) in [5.74, 6) is 0. The molecule has 0 amide bonds. The second-order valence-corrected chi connectivity index (χ2v) is 5.51. The molecule has 0 spiro atoms. The first-order valence-electron chi connectivity index (χ1n) is 5.98. The smallest absolute Gasteiger partial charge is 0.0938 e. The van der Waals surface area contributed by atoms with E-state index in [2.05, 4.69) is 4.98 Å². The third-order valence-electron chi connectivity index (χ3n) is 3.24. The van der Waals surface area contributed by atoms with Gasteiger partial charge in [-0.3, -0.25) is 0 Å². The highest BCUT2D eigenvalue weighted by molar-refractivity contribution is 7.09. The van der Waals surface area contributed by atoms with E-state index in [0.29, 0.717) is 13.0 Å². The molecule has 0 saturated carbocycles. The minimum absolute atomic E-state index is 0.0339. The van der Waals surface area contributed by atoms with Gasteiger partial charge in [-0.15, -0.1) is 11.3 Å². The summed E-state index contributed by atoms with van der Waals surface area (Å²) in [6.07, 6.45) is 0.683. The second kappa shape index (κ2) is 5.61. The summed E-state index contributed by atoms with van der Waals surface area (Å²) in [5, 5.41) is 12.8. The van der Waals surface area contributed by atoms with Crippen LogP contribution >= 0.6 is 11.3 Å². The van der Waals surface area contributed by atoms with E-state index < -0.39 is 5.41 Å². The average Bonchev–Trinajstić information content (AvgIpc) is 2.82. The zero-order valence-electron chi connectivity index (χ0n) is 10.5. The highest BCUT2D eigenvalue weighted by atomic mass is 32.1. The molecule has 3 N–H and O–H groups in total. The van der Waals surface area contributed by atoms with Crippen molar-refractivity contribution in [2.24, 2.45) is 5.73 Å². The number of aryl methyl sites for hydroxylation is 1. The highest BCUT2D eigenvalue weighted by Crippen LogP contribution is 2.28. The number of aliphatic hydroxyl groups excluding tert-OH is 1. The van der Waals surface area contributed by atoms with E-state index in [-0.39, 0.29) is 6.61 Å². The first-order valence-corrected chi connectivity index (χ1v) is 6.85. The van der Waals surface area contributed by atoms with Crippen molar-refractivity contribution in [1.82, 2.24) is 4.98 Å². The van der Waals surface area contributed by atoms with Gasteiger partial charge in [-0.1, -0.05) is 30.3 Å². The maximum atomic E-state index is 9.79. The highest BCUT2D eigenvalue weighted by Gasteiger charge is 2.31. The van der Waals surface area contributed by atoms with Gasteiger partial charge in [-0.05, 0) is 12.5 Å². The number of hydrogen-bond acceptors (Lipinski definition) is 4. The van der Waals surface area contributed by atoms with Crippen molar-refractivity contribution in [2.75, 3.05) is 13.2 Å². The van der Waals surface area contributed by atoms with Gasteiger partial charge in [0.1, 0.15) is 0 Å². The Hall–Kier alpha value is -1.23. The molecule has 2 aromatic rings. The molecule has 0 saturated heterocycles. The van der Waals surface area contributed by atoms with Gasteiger partial charge in [0.25, 0.3) is 0 Å². The van der Waals surface area contributed by atoms with Crippen LogP contribution in [0.5, 0.6) is 0 Å². The second-order valence-electron chi connectivity index (χ2n) is 4.57. The van der Waals surface area contributed by atoms with Crippen molar-refractivity contribution >= 4 is 11.3 Å². The molecule has 96 valence electrons. The van der Waals surface area contributed by atoms with Crippen LogP contribution in [0.15, 0.2) is 35.7 Å². The van der Waals surface area contributed by atoms with Crippen LogP contribution in [0.1, 0.15) is 16.3 Å². The molecule has 18 heavy (non-hydrogen) atoms. The van der Waals surface area contributed by atoms with E-state index in [4.69, 9.17) is 5.73 Å². The minimum atomic E-state index is -0.425. The van der Waals surface area contributed by atoms with Gasteiger partial charge in [0.05, 0.1) is 11.6 Å². The quantitative estimate of drug-likeness (QED) is 0.865. The largest absolute Gasteiger partial charge is 0.395 e. The Morgan fingerprint density at radius 2 is 2.06 bits per heavy atom. The molecule has 1 aromatic heterocycles. The van der Waals surface area contributed by atoms with E-state index in [0.717, 1.165) is 16.3 Å². The molecule has 0 aliphatic heterocycles. The molecule has 1 unspecified atom stereocenters. The van der Waals surface area contributed by atoms with E-state index in [1.165, 1.54) is 0 Å². The van der Waals surface area contributed by atoms with Crippen LogP contribution < -0.4 is 5.73 Å². The molecule has 3 nitrogen and oxygen atoms in total. The summed E-state index contributed by atoms with van der Waals surface area (Å²) >= 11 is 1.62. The minimum Gasteiger partial charge on any atom is -0.395 e. The number of thiazole rings is 1. The summed E-state index contributed by atoms with van der Waals surface area (Å²) in [5.41, 5.74) is 7.59. The van der Waals surface area contributed by atoms with Crippen LogP contribution in [-0.2, 0) is 11.8 Å². The van der Waals surface area contributed by atoms with Crippen molar-refractivity contribution in [3.8, 4) is 0 Å². The Morgan fingerprint density at radius 1 is 1.33 bits per heavy atom. The Morgan fingerprint density at radius 3 is 2.56 bits per heavy atom. The Labute approximate surface area is 111 Å². The predicted molar refractivity (Wildman–Crippen MR) is 74.8 cm³/mol. The van der Waals surface area contributed by atoms with Crippen LogP contribution in [0.25, 0.3) is 0 Å². The van der Waals surface area contributed by atoms with Gasteiger partial charge in [-0.25, -0.2) is 4.98 Å². The lowest BCUT2D eigenvalue weighted by Crippen LogP contribution is -2.41. The lowest BCUT2D eigenvalue weighted by molar-refractivity contribution is 0.196. The van der Waals surface area contributed by atoms with Crippen LogP contribution in [0.3, 0.4) is 0 Å². The Bertz CT molecular complexity index is 492. The molecule has 1 atom stereocenters. The SMILES string of the molecule is Cc1csc(CC(CN)(CO)c2ccccc2)n1. The third-order valence-corrected chi connectivity index (χ3v) is 4.20. The molecule has 1 heterocycles. The summed E-state index contributed by atoms with van der Waals surface area (Å²) in [7, 11) is 0. The van der Waals surface area contributed by atoms with Crippen LogP contribution in [0, 0.1) is 6.92 Å². The van der Waals surface area contributed by atoms with E-state index in [9.17, 15) is 5.11 Å². The standard InChI is InChI=1S/C14H18N2OS/c1-11-8-18-13(16-11)7-14(9-15,10-17)12-5-3-2-4-6-12/h2-6,8,17H,7,9-10,15H2,1H3. The molecule has 1 aromatic carbocycles. The van der Waals surface area contributed by atoms with Crippen molar-refractivity contribution in [1.29, 1.82) is 0 Å². The molecule has 0 aliphatic carbocycles. The van der Waals surface area contributed by atoms with Gasteiger partial charge < -0.3 is 10.8 Å². The fourth-order valence-electron chi connectivity index (χ4n) is 2.07. The summed E-state index contributed by atoms with van der Waals surface area (Å²) in [6.45, 7) is 2.42. The number of aromatic nitrogens is 1. The normalized spacial score (nSPS) is 14.4. The molecule has 0 aliphatic rings. The number of rotatable bonds is 5. The topological polar surface area (TPSA) is 59.1 Å². The maximum Gasteiger partial charge on any atom is 0.0938 e. The number of nitrogens with zero attached hydrogens (tertiary/aromatic N) is 1. The van der Waals surface area contributed by atoms with E-state index in [1.807, 2.05) is 42.6 Å². The number of nitrogens with two attached hydrogens (primary N) is 1. The molecule has 4 heteroatoms. The van der Waals surface area contributed by atoms with Crippen LogP contribution in [0.2, 0.25) is 0 Å². The summed E-state index contributed by atoms with van der Waals surface area (Å²) < 4.78 is 0. The predicted octanol–water partition coefficient (Wildman–Crippen LogP) is 1.88. The lowest BCUT2D eigenvalue weighted by Gasteiger charge is -2.30. The Balaban J connectivity index is 2.32. The zero-order valence-corrected chi connectivity index (χ0v) is 11.3. The van der Waals surface area contributed by atoms with Crippen LogP contribution in [-0.4, -0.2) is 23.2 Å².